The SMILES string of the molecule is CC1(C)CCC(NC(=O)NCC2(C(=O)O)CCC2)C1. The summed E-state index contributed by atoms with van der Waals surface area (Å²) >= 11 is 0. The van der Waals surface area contributed by atoms with Crippen LogP contribution in [0.4, 0.5) is 4.79 Å². The van der Waals surface area contributed by atoms with Crippen molar-refractivity contribution in [3.63, 3.8) is 0 Å². The van der Waals surface area contributed by atoms with Gasteiger partial charge in [0.1, 0.15) is 0 Å². The molecule has 0 radical (unpaired) electrons. The largest absolute Gasteiger partial charge is 0.481 e. The predicted octanol–water partition coefficient (Wildman–Crippen LogP) is 2.12. The summed E-state index contributed by atoms with van der Waals surface area (Å²) < 4.78 is 0. The van der Waals surface area contributed by atoms with Gasteiger partial charge in [-0.15, -0.1) is 0 Å². The van der Waals surface area contributed by atoms with E-state index in [-0.39, 0.29) is 18.6 Å². The Balaban J connectivity index is 1.75. The molecule has 2 fully saturated rings. The van der Waals surface area contributed by atoms with E-state index in [0.29, 0.717) is 18.3 Å². The van der Waals surface area contributed by atoms with Crippen molar-refractivity contribution >= 4 is 12.0 Å². The Bertz CT molecular complexity index is 375. The smallest absolute Gasteiger partial charge is 0.315 e. The van der Waals surface area contributed by atoms with Crippen LogP contribution in [0.5, 0.6) is 0 Å². The number of hydrogen-bond acceptors (Lipinski definition) is 2. The third-order valence-corrected chi connectivity index (χ3v) is 4.66. The summed E-state index contributed by atoms with van der Waals surface area (Å²) in [7, 11) is 0. The second-order valence-electron chi connectivity index (χ2n) is 6.87. The van der Waals surface area contributed by atoms with E-state index in [9.17, 15) is 14.7 Å². The molecule has 2 amide bonds. The average Bonchev–Trinajstić information content (AvgIpc) is 2.55. The molecule has 5 nitrogen and oxygen atoms in total. The Morgan fingerprint density at radius 1 is 1.26 bits per heavy atom. The molecule has 0 saturated heterocycles. The van der Waals surface area contributed by atoms with Gasteiger partial charge >= 0.3 is 12.0 Å². The van der Waals surface area contributed by atoms with Crippen LogP contribution in [0.25, 0.3) is 0 Å². The Morgan fingerprint density at radius 2 is 1.95 bits per heavy atom. The zero-order valence-electron chi connectivity index (χ0n) is 11.8. The fraction of sp³-hybridized carbons (Fsp3) is 0.857. The maximum absolute atomic E-state index is 11.8. The van der Waals surface area contributed by atoms with Crippen molar-refractivity contribution in [2.75, 3.05) is 6.54 Å². The third-order valence-electron chi connectivity index (χ3n) is 4.66. The lowest BCUT2D eigenvalue weighted by Gasteiger charge is -2.37. The number of carbonyl (C=O) groups is 2. The Morgan fingerprint density at radius 3 is 2.37 bits per heavy atom. The minimum absolute atomic E-state index is 0.220. The van der Waals surface area contributed by atoms with Crippen molar-refractivity contribution < 1.29 is 14.7 Å². The highest BCUT2D eigenvalue weighted by molar-refractivity contribution is 5.79. The van der Waals surface area contributed by atoms with E-state index < -0.39 is 11.4 Å². The molecule has 3 N–H and O–H groups in total. The zero-order chi connectivity index (χ0) is 14.1. The number of urea groups is 1. The molecule has 5 heteroatoms. The molecule has 0 aromatic heterocycles. The Kier molecular flexibility index (Phi) is 3.74. The minimum Gasteiger partial charge on any atom is -0.481 e. The molecule has 0 bridgehead atoms. The van der Waals surface area contributed by atoms with Gasteiger partial charge in [-0.25, -0.2) is 4.79 Å². The number of hydrogen-bond donors (Lipinski definition) is 3. The molecule has 0 aromatic carbocycles. The molecule has 2 rings (SSSR count). The summed E-state index contributed by atoms with van der Waals surface area (Å²) in [4.78, 5) is 23.0. The summed E-state index contributed by atoms with van der Waals surface area (Å²) in [5.41, 5.74) is -0.416. The predicted molar refractivity (Wildman–Crippen MR) is 71.9 cm³/mol. The lowest BCUT2D eigenvalue weighted by atomic mass is 9.69. The van der Waals surface area contributed by atoms with Crippen LogP contribution in [0.15, 0.2) is 0 Å². The maximum Gasteiger partial charge on any atom is 0.315 e. The summed E-state index contributed by atoms with van der Waals surface area (Å²) in [5, 5.41) is 14.9. The summed E-state index contributed by atoms with van der Waals surface area (Å²) in [6.45, 7) is 4.66. The minimum atomic E-state index is -0.791. The number of amides is 2. The van der Waals surface area contributed by atoms with E-state index >= 15 is 0 Å². The van der Waals surface area contributed by atoms with Crippen molar-refractivity contribution in [3.8, 4) is 0 Å². The van der Waals surface area contributed by atoms with Crippen LogP contribution < -0.4 is 10.6 Å². The van der Waals surface area contributed by atoms with Crippen molar-refractivity contribution in [3.05, 3.63) is 0 Å². The molecule has 0 heterocycles. The normalized spacial score (nSPS) is 27.4. The molecule has 1 unspecified atom stereocenters. The van der Waals surface area contributed by atoms with E-state index in [2.05, 4.69) is 24.5 Å². The first-order chi connectivity index (χ1) is 8.83. The van der Waals surface area contributed by atoms with Gasteiger partial charge in [-0.3, -0.25) is 4.79 Å². The molecule has 19 heavy (non-hydrogen) atoms. The van der Waals surface area contributed by atoms with Gasteiger partial charge in [-0.2, -0.15) is 0 Å². The first kappa shape index (κ1) is 14.2. The molecule has 2 aliphatic carbocycles. The zero-order valence-corrected chi connectivity index (χ0v) is 11.8. The van der Waals surface area contributed by atoms with Gasteiger partial charge in [-0.05, 0) is 37.5 Å². The van der Waals surface area contributed by atoms with E-state index in [1.807, 2.05) is 0 Å². The molecule has 0 spiro atoms. The van der Waals surface area contributed by atoms with Gasteiger partial charge < -0.3 is 15.7 Å². The van der Waals surface area contributed by atoms with Gasteiger partial charge in [0.15, 0.2) is 0 Å². The lowest BCUT2D eigenvalue weighted by molar-refractivity contribution is -0.153. The Hall–Kier alpha value is -1.26. The number of nitrogens with one attached hydrogen (secondary N) is 2. The van der Waals surface area contributed by atoms with Crippen LogP contribution in [-0.4, -0.2) is 29.7 Å². The molecule has 2 saturated carbocycles. The molecule has 2 aliphatic rings. The third kappa shape index (κ3) is 3.19. The van der Waals surface area contributed by atoms with E-state index in [1.165, 1.54) is 0 Å². The molecular formula is C14H24N2O3. The second kappa shape index (κ2) is 5.02. The fourth-order valence-corrected chi connectivity index (χ4v) is 3.12. The van der Waals surface area contributed by atoms with Gasteiger partial charge in [0, 0.05) is 12.6 Å². The first-order valence-electron chi connectivity index (χ1n) is 7.11. The summed E-state index contributed by atoms with van der Waals surface area (Å²) in [6, 6.07) is -0.00704. The highest BCUT2D eigenvalue weighted by atomic mass is 16.4. The van der Waals surface area contributed by atoms with Crippen LogP contribution in [0, 0.1) is 10.8 Å². The van der Waals surface area contributed by atoms with E-state index in [1.54, 1.807) is 0 Å². The van der Waals surface area contributed by atoms with Crippen molar-refractivity contribution in [2.45, 2.75) is 58.4 Å². The van der Waals surface area contributed by atoms with Gasteiger partial charge in [0.05, 0.1) is 5.41 Å². The van der Waals surface area contributed by atoms with Crippen molar-refractivity contribution in [1.82, 2.24) is 10.6 Å². The second-order valence-corrected chi connectivity index (χ2v) is 6.87. The number of carbonyl (C=O) groups excluding carboxylic acids is 1. The van der Waals surface area contributed by atoms with Gasteiger partial charge in [-0.1, -0.05) is 20.3 Å². The number of carboxylic acids is 1. The molecule has 108 valence electrons. The van der Waals surface area contributed by atoms with Crippen molar-refractivity contribution in [1.29, 1.82) is 0 Å². The summed E-state index contributed by atoms with van der Waals surface area (Å²) in [6.07, 6.45) is 5.39. The molecule has 0 aliphatic heterocycles. The standard InChI is InChI=1S/C14H24N2O3/c1-13(2)7-4-10(8-13)16-12(19)15-9-14(11(17)18)5-3-6-14/h10H,3-9H2,1-2H3,(H,17,18)(H2,15,16,19). The highest BCUT2D eigenvalue weighted by Gasteiger charge is 2.44. The number of aliphatic carboxylic acids is 1. The molecule has 1 atom stereocenters. The topological polar surface area (TPSA) is 78.4 Å². The summed E-state index contributed by atoms with van der Waals surface area (Å²) in [5.74, 6) is -0.791. The quantitative estimate of drug-likeness (QED) is 0.730. The lowest BCUT2D eigenvalue weighted by Crippen LogP contribution is -2.51. The number of carboxylic acid groups (broad SMARTS) is 1. The van der Waals surface area contributed by atoms with Crippen LogP contribution in [-0.2, 0) is 4.79 Å². The van der Waals surface area contributed by atoms with Crippen LogP contribution in [0.2, 0.25) is 0 Å². The first-order valence-corrected chi connectivity index (χ1v) is 7.11. The van der Waals surface area contributed by atoms with Crippen LogP contribution in [0.3, 0.4) is 0 Å². The average molecular weight is 268 g/mol. The van der Waals surface area contributed by atoms with Gasteiger partial charge in [0.2, 0.25) is 0 Å². The van der Waals surface area contributed by atoms with E-state index in [0.717, 1.165) is 25.7 Å². The fourth-order valence-electron chi connectivity index (χ4n) is 3.12. The Labute approximate surface area is 114 Å². The van der Waals surface area contributed by atoms with E-state index in [4.69, 9.17) is 0 Å². The molecule has 0 aromatic rings. The monoisotopic (exact) mass is 268 g/mol. The highest BCUT2D eigenvalue weighted by Crippen LogP contribution is 2.40. The van der Waals surface area contributed by atoms with Crippen molar-refractivity contribution in [2.24, 2.45) is 10.8 Å². The van der Waals surface area contributed by atoms with Gasteiger partial charge in [0.25, 0.3) is 0 Å². The number of rotatable bonds is 4. The maximum atomic E-state index is 11.8. The molecular weight excluding hydrogens is 244 g/mol. The van der Waals surface area contributed by atoms with Crippen LogP contribution >= 0.6 is 0 Å². The van der Waals surface area contributed by atoms with Crippen LogP contribution in [0.1, 0.15) is 52.4 Å².